The first kappa shape index (κ1) is 19.0. The lowest BCUT2D eigenvalue weighted by molar-refractivity contribution is -0.141. The highest BCUT2D eigenvalue weighted by atomic mass is 32.2. The fourth-order valence-electron chi connectivity index (χ4n) is 6.24. The van der Waals surface area contributed by atoms with Gasteiger partial charge in [0.05, 0.1) is 5.75 Å². The minimum atomic E-state index is -0.278. The highest BCUT2D eigenvalue weighted by Gasteiger charge is 2.54. The molecule has 0 atom stereocenters. The zero-order chi connectivity index (χ0) is 20.0. The lowest BCUT2D eigenvalue weighted by Gasteiger charge is -2.56. The summed E-state index contributed by atoms with van der Waals surface area (Å²) in [5.74, 6) is 3.55. The number of thioether (sulfide) groups is 1. The Morgan fingerprint density at radius 2 is 1.76 bits per heavy atom. The summed E-state index contributed by atoms with van der Waals surface area (Å²) in [6.07, 6.45) is 9.11. The van der Waals surface area contributed by atoms with Crippen LogP contribution in [-0.2, 0) is 11.3 Å². The number of aromatic nitrogens is 3. The predicted octanol–water partition coefficient (Wildman–Crippen LogP) is 5.15. The maximum absolute atomic E-state index is 13.3. The average molecular weight is 412 g/mol. The number of halogens is 1. The molecule has 0 spiro atoms. The number of nitrogens with zero attached hydrogens (tertiary/aromatic N) is 3. The molecule has 4 bridgehead atoms. The highest BCUT2D eigenvalue weighted by Crippen LogP contribution is 2.60. The number of hydrogen-bond acceptors (Lipinski definition) is 4. The van der Waals surface area contributed by atoms with E-state index in [4.69, 9.17) is 0 Å². The minimum absolute atomic E-state index is 0.0785. The van der Waals surface area contributed by atoms with Crippen molar-refractivity contribution in [2.45, 2.75) is 50.2 Å². The fraction of sp³-hybridized carbons (Fsp3) is 0.522. The summed E-state index contributed by atoms with van der Waals surface area (Å²) in [7, 11) is 0. The molecule has 0 saturated heterocycles. The van der Waals surface area contributed by atoms with Crippen molar-refractivity contribution in [2.24, 2.45) is 23.2 Å². The number of Topliss-reactive ketones (excluding diaryl/α,β-unsaturated/α-hetero) is 1. The van der Waals surface area contributed by atoms with E-state index in [1.165, 1.54) is 43.2 Å². The van der Waals surface area contributed by atoms with E-state index in [9.17, 15) is 9.18 Å². The molecule has 0 radical (unpaired) electrons. The van der Waals surface area contributed by atoms with Gasteiger partial charge in [-0.25, -0.2) is 4.39 Å². The molecule has 0 aliphatic heterocycles. The Bertz CT molecular complexity index is 901. The molecule has 1 aromatic heterocycles. The maximum Gasteiger partial charge on any atom is 0.192 e. The molecule has 0 amide bonds. The maximum atomic E-state index is 13.3. The van der Waals surface area contributed by atoms with Gasteiger partial charge >= 0.3 is 0 Å². The first-order chi connectivity index (χ1) is 14.1. The summed E-state index contributed by atoms with van der Waals surface area (Å²) in [6, 6.07) is 6.25. The second-order valence-corrected chi connectivity index (χ2v) is 10.1. The van der Waals surface area contributed by atoms with Crippen molar-refractivity contribution < 1.29 is 9.18 Å². The predicted molar refractivity (Wildman–Crippen MR) is 112 cm³/mol. The topological polar surface area (TPSA) is 47.8 Å². The third-order valence-electron chi connectivity index (χ3n) is 7.09. The molecular formula is C23H26FN3OS. The van der Waals surface area contributed by atoms with Crippen LogP contribution < -0.4 is 0 Å². The van der Waals surface area contributed by atoms with Gasteiger partial charge < -0.3 is 0 Å². The van der Waals surface area contributed by atoms with E-state index >= 15 is 0 Å². The van der Waals surface area contributed by atoms with E-state index in [2.05, 4.69) is 16.8 Å². The number of ketones is 1. The standard InChI is InChI=1S/C23H26FN3OS/c1-2-7-27-21(18-3-5-19(24)6-4-18)25-26-22(27)29-14-20(28)23-11-15-8-16(12-23)10-17(9-15)13-23/h2-6,15-17H,1,7-14H2. The third-order valence-corrected chi connectivity index (χ3v) is 8.06. The summed E-state index contributed by atoms with van der Waals surface area (Å²) in [5, 5.41) is 9.37. The first-order valence-electron chi connectivity index (χ1n) is 10.5. The van der Waals surface area contributed by atoms with Gasteiger partial charge in [-0.3, -0.25) is 9.36 Å². The molecule has 0 N–H and O–H groups in total. The monoisotopic (exact) mass is 411 g/mol. The van der Waals surface area contributed by atoms with Gasteiger partial charge in [0, 0.05) is 17.5 Å². The van der Waals surface area contributed by atoms with E-state index in [1.807, 2.05) is 4.57 Å². The Hall–Kier alpha value is -1.95. The zero-order valence-corrected chi connectivity index (χ0v) is 17.3. The average Bonchev–Trinajstić information content (AvgIpc) is 3.08. The lowest BCUT2D eigenvalue weighted by Crippen LogP contribution is -2.50. The van der Waals surface area contributed by atoms with Crippen molar-refractivity contribution in [3.05, 3.63) is 42.7 Å². The van der Waals surface area contributed by atoms with Crippen molar-refractivity contribution in [2.75, 3.05) is 5.75 Å². The number of allylic oxidation sites excluding steroid dienone is 1. The summed E-state index contributed by atoms with van der Waals surface area (Å²) in [4.78, 5) is 13.3. The molecule has 0 unspecified atom stereocenters. The van der Waals surface area contributed by atoms with Crippen molar-refractivity contribution in [3.63, 3.8) is 0 Å². The van der Waals surface area contributed by atoms with Gasteiger partial charge in [0.1, 0.15) is 11.6 Å². The van der Waals surface area contributed by atoms with Crippen LogP contribution in [0.15, 0.2) is 42.1 Å². The summed E-state index contributed by atoms with van der Waals surface area (Å²) >= 11 is 1.48. The smallest absolute Gasteiger partial charge is 0.192 e. The second kappa shape index (κ2) is 7.38. The molecular weight excluding hydrogens is 385 g/mol. The van der Waals surface area contributed by atoms with Crippen LogP contribution >= 0.6 is 11.8 Å². The molecule has 29 heavy (non-hydrogen) atoms. The Morgan fingerprint density at radius 1 is 1.14 bits per heavy atom. The molecule has 4 saturated carbocycles. The number of benzene rings is 1. The molecule has 1 aromatic carbocycles. The zero-order valence-electron chi connectivity index (χ0n) is 16.5. The largest absolute Gasteiger partial charge is 0.298 e. The highest BCUT2D eigenvalue weighted by molar-refractivity contribution is 7.99. The summed E-state index contributed by atoms with van der Waals surface area (Å²) in [5.41, 5.74) is 0.727. The first-order valence-corrected chi connectivity index (χ1v) is 11.5. The summed E-state index contributed by atoms with van der Waals surface area (Å²) < 4.78 is 15.2. The van der Waals surface area contributed by atoms with Gasteiger partial charge in [0.25, 0.3) is 0 Å². The molecule has 6 rings (SSSR count). The minimum Gasteiger partial charge on any atom is -0.298 e. The quantitative estimate of drug-likeness (QED) is 0.467. The molecule has 4 fully saturated rings. The molecule has 1 heterocycles. The van der Waals surface area contributed by atoms with Crippen molar-refractivity contribution >= 4 is 17.5 Å². The van der Waals surface area contributed by atoms with Crippen LogP contribution in [0.1, 0.15) is 38.5 Å². The number of rotatable bonds is 7. The molecule has 2 aromatic rings. The van der Waals surface area contributed by atoms with E-state index < -0.39 is 0 Å². The van der Waals surface area contributed by atoms with Gasteiger partial charge in [-0.05, 0) is 80.5 Å². The molecule has 4 aliphatic carbocycles. The van der Waals surface area contributed by atoms with Crippen molar-refractivity contribution in [3.8, 4) is 11.4 Å². The van der Waals surface area contributed by atoms with E-state index in [0.29, 0.717) is 23.9 Å². The number of carbonyl (C=O) groups excluding carboxylic acids is 1. The van der Waals surface area contributed by atoms with Crippen LogP contribution in [0.5, 0.6) is 0 Å². The molecule has 4 aliphatic rings. The van der Waals surface area contributed by atoms with Gasteiger partial charge in [-0.15, -0.1) is 16.8 Å². The van der Waals surface area contributed by atoms with Gasteiger partial charge in [-0.2, -0.15) is 0 Å². The van der Waals surface area contributed by atoms with Crippen LogP contribution in [0.25, 0.3) is 11.4 Å². The fourth-order valence-corrected chi connectivity index (χ4v) is 7.22. The Kier molecular flexibility index (Phi) is 4.85. The van der Waals surface area contributed by atoms with Gasteiger partial charge in [-0.1, -0.05) is 17.8 Å². The SMILES string of the molecule is C=CCn1c(SCC(=O)C23CC4CC(CC(C4)C2)C3)nnc1-c1ccc(F)cc1. The van der Waals surface area contributed by atoms with Crippen molar-refractivity contribution in [1.29, 1.82) is 0 Å². The van der Waals surface area contributed by atoms with Crippen LogP contribution in [-0.4, -0.2) is 26.3 Å². The summed E-state index contributed by atoms with van der Waals surface area (Å²) in [6.45, 7) is 4.38. The van der Waals surface area contributed by atoms with Gasteiger partial charge in [0.2, 0.25) is 0 Å². The van der Waals surface area contributed by atoms with E-state index in [-0.39, 0.29) is 11.2 Å². The number of carbonyl (C=O) groups is 1. The van der Waals surface area contributed by atoms with Crippen LogP contribution in [0.2, 0.25) is 0 Å². The third kappa shape index (κ3) is 3.45. The normalized spacial score (nSPS) is 29.9. The molecule has 152 valence electrons. The van der Waals surface area contributed by atoms with E-state index in [1.54, 1.807) is 18.2 Å². The van der Waals surface area contributed by atoms with Crippen LogP contribution in [0.3, 0.4) is 0 Å². The number of hydrogen-bond donors (Lipinski definition) is 0. The lowest BCUT2D eigenvalue weighted by atomic mass is 9.48. The van der Waals surface area contributed by atoms with Crippen LogP contribution in [0, 0.1) is 29.0 Å². The Balaban J connectivity index is 1.34. The second-order valence-electron chi connectivity index (χ2n) is 9.12. The van der Waals surface area contributed by atoms with Gasteiger partial charge in [0.15, 0.2) is 11.0 Å². The van der Waals surface area contributed by atoms with E-state index in [0.717, 1.165) is 47.7 Å². The van der Waals surface area contributed by atoms with Crippen LogP contribution in [0.4, 0.5) is 4.39 Å². The molecule has 4 nitrogen and oxygen atoms in total. The van der Waals surface area contributed by atoms with Crippen molar-refractivity contribution in [1.82, 2.24) is 14.8 Å². The Labute approximate surface area is 175 Å². The molecule has 6 heteroatoms. The Morgan fingerprint density at radius 3 is 2.34 bits per heavy atom.